The van der Waals surface area contributed by atoms with Crippen molar-refractivity contribution in [3.05, 3.63) is 112 Å². The van der Waals surface area contributed by atoms with Gasteiger partial charge in [0.2, 0.25) is 0 Å². The molecule has 1 spiro atoms. The Kier molecular flexibility index (Phi) is 16.9. The minimum absolute atomic E-state index is 0.186. The third kappa shape index (κ3) is 12.5. The molecule has 16 heteroatoms. The molecule has 0 aromatic heterocycles. The first-order chi connectivity index (χ1) is 32.7. The summed E-state index contributed by atoms with van der Waals surface area (Å²) in [5.41, 5.74) is 0.660. The van der Waals surface area contributed by atoms with Crippen LogP contribution in [0.1, 0.15) is 131 Å². The summed E-state index contributed by atoms with van der Waals surface area (Å²) in [6.45, 7) is 22.5. The maximum Gasteiger partial charge on any atom is 0.340 e. The average molecular weight is 966 g/mol. The number of esters is 3. The highest BCUT2D eigenvalue weighted by Crippen LogP contribution is 2.57. The summed E-state index contributed by atoms with van der Waals surface area (Å²) in [6, 6.07) is 22.9. The zero-order valence-electron chi connectivity index (χ0n) is 41.5. The molecule has 0 fully saturated rings. The lowest BCUT2D eigenvalue weighted by Gasteiger charge is -2.37. The predicted molar refractivity (Wildman–Crippen MR) is 259 cm³/mol. The van der Waals surface area contributed by atoms with Crippen LogP contribution in [0.5, 0.6) is 28.7 Å². The molecular weight excluding hydrogens is 902 g/mol. The second kappa shape index (κ2) is 22.3. The molecule has 1 amide bonds. The van der Waals surface area contributed by atoms with Crippen LogP contribution in [0.25, 0.3) is 0 Å². The molecule has 368 valence electrons. The molecule has 4 aromatic carbocycles. The van der Waals surface area contributed by atoms with Crippen LogP contribution in [0.3, 0.4) is 0 Å². The number of aryl methyl sites for hydroxylation is 1. The Morgan fingerprint density at radius 1 is 0.739 bits per heavy atom. The molecule has 1 N–H and O–H groups in total. The number of carbonyl (C=O) groups excluding carboxylic acids is 4. The van der Waals surface area contributed by atoms with Crippen LogP contribution in [0, 0.1) is 22.2 Å². The summed E-state index contributed by atoms with van der Waals surface area (Å²) < 4.78 is 50.7. The smallest absolute Gasteiger partial charge is 0.340 e. The van der Waals surface area contributed by atoms with Gasteiger partial charge in [-0.1, -0.05) is 13.0 Å². The minimum Gasteiger partial charge on any atom is -0.491 e. The van der Waals surface area contributed by atoms with Crippen LogP contribution in [-0.4, -0.2) is 73.5 Å². The van der Waals surface area contributed by atoms with E-state index >= 15 is 0 Å². The van der Waals surface area contributed by atoms with Gasteiger partial charge in [0.25, 0.3) is 14.4 Å². The van der Waals surface area contributed by atoms with Crippen molar-refractivity contribution in [1.82, 2.24) is 9.99 Å². The zero-order valence-corrected chi connectivity index (χ0v) is 42.4. The van der Waals surface area contributed by atoms with Crippen LogP contribution in [0.4, 0.5) is 0 Å². The van der Waals surface area contributed by atoms with E-state index in [-0.39, 0.29) is 79.0 Å². The Labute approximate surface area is 406 Å². The van der Waals surface area contributed by atoms with Gasteiger partial charge < -0.3 is 42.8 Å². The van der Waals surface area contributed by atoms with Crippen molar-refractivity contribution in [2.75, 3.05) is 33.0 Å². The van der Waals surface area contributed by atoms with Gasteiger partial charge in [0.05, 0.1) is 55.3 Å². The number of fused-ring (bicyclic) bond motifs is 6. The predicted octanol–water partition coefficient (Wildman–Crippen LogP) is 10.3. The highest BCUT2D eigenvalue weighted by Gasteiger charge is 2.54. The summed E-state index contributed by atoms with van der Waals surface area (Å²) >= 11 is 0. The second-order valence-electron chi connectivity index (χ2n) is 19.4. The van der Waals surface area contributed by atoms with Crippen LogP contribution in [0.2, 0.25) is 0 Å². The van der Waals surface area contributed by atoms with E-state index in [1.807, 2.05) is 12.1 Å². The number of amides is 1. The number of hydrogen-bond donors (Lipinski definition) is 1. The maximum atomic E-state index is 13.7. The summed E-state index contributed by atoms with van der Waals surface area (Å²) in [6.07, 6.45) is 1.09. The summed E-state index contributed by atoms with van der Waals surface area (Å²) in [5, 5.41) is 12.0. The Morgan fingerprint density at radius 3 is 1.91 bits per heavy atom. The van der Waals surface area contributed by atoms with Gasteiger partial charge in [0.1, 0.15) is 35.4 Å². The normalized spacial score (nSPS) is 14.1. The molecule has 0 saturated carbocycles. The summed E-state index contributed by atoms with van der Waals surface area (Å²) in [7, 11) is -1.40. The highest BCUT2D eigenvalue weighted by atomic mass is 31.2. The second-order valence-corrected chi connectivity index (χ2v) is 20.9. The topological polar surface area (TPSA) is 181 Å². The van der Waals surface area contributed by atoms with Gasteiger partial charge in [-0.15, -0.1) is 0 Å². The molecule has 2 aliphatic heterocycles. The molecule has 0 aliphatic carbocycles. The fourth-order valence-corrected chi connectivity index (χ4v) is 9.27. The molecule has 2 aliphatic rings. The third-order valence-electron chi connectivity index (χ3n) is 11.1. The highest BCUT2D eigenvalue weighted by molar-refractivity contribution is 7.44. The minimum atomic E-state index is -1.59. The van der Waals surface area contributed by atoms with Crippen LogP contribution >= 0.6 is 8.53 Å². The van der Waals surface area contributed by atoms with Crippen LogP contribution < -0.4 is 24.3 Å². The van der Waals surface area contributed by atoms with Gasteiger partial charge in [-0.2, -0.15) is 5.26 Å². The van der Waals surface area contributed by atoms with E-state index in [1.54, 1.807) is 96.1 Å². The number of hydrogen-bond acceptors (Lipinski definition) is 14. The summed E-state index contributed by atoms with van der Waals surface area (Å²) in [4.78, 5) is 53.2. The number of benzene rings is 4. The number of rotatable bonds is 20. The van der Waals surface area contributed by atoms with Gasteiger partial charge in [-0.3, -0.25) is 14.4 Å². The Morgan fingerprint density at radius 2 is 1.35 bits per heavy atom. The van der Waals surface area contributed by atoms with Crippen molar-refractivity contribution in [2.24, 2.45) is 10.8 Å². The first kappa shape index (κ1) is 52.5. The number of carbonyl (C=O) groups is 4. The monoisotopic (exact) mass is 965 g/mol. The molecule has 69 heavy (non-hydrogen) atoms. The van der Waals surface area contributed by atoms with Crippen LogP contribution in [0.15, 0.2) is 72.8 Å². The molecule has 1 atom stereocenters. The van der Waals surface area contributed by atoms with E-state index in [1.165, 1.54) is 0 Å². The Hall–Kier alpha value is -5.88. The van der Waals surface area contributed by atoms with Crippen molar-refractivity contribution < 1.29 is 56.6 Å². The molecule has 0 bridgehead atoms. The van der Waals surface area contributed by atoms with Gasteiger partial charge in [-0.25, -0.2) is 9.46 Å². The average Bonchev–Trinajstić information content (AvgIpc) is 3.57. The van der Waals surface area contributed by atoms with Crippen molar-refractivity contribution in [3.63, 3.8) is 0 Å². The van der Waals surface area contributed by atoms with Crippen molar-refractivity contribution in [3.8, 4) is 34.8 Å². The molecule has 15 nitrogen and oxygen atoms in total. The van der Waals surface area contributed by atoms with E-state index in [0.29, 0.717) is 35.7 Å². The number of nitrogens with zero attached hydrogens (tertiary/aromatic N) is 2. The first-order valence-electron chi connectivity index (χ1n) is 23.3. The van der Waals surface area contributed by atoms with E-state index in [4.69, 9.17) is 42.7 Å². The van der Waals surface area contributed by atoms with E-state index < -0.39 is 48.8 Å². The van der Waals surface area contributed by atoms with Gasteiger partial charge >= 0.3 is 17.9 Å². The molecule has 2 heterocycles. The zero-order chi connectivity index (χ0) is 50.3. The summed E-state index contributed by atoms with van der Waals surface area (Å²) in [5.74, 6) is -0.373. The molecule has 0 radical (unpaired) electrons. The van der Waals surface area contributed by atoms with Gasteiger partial charge in [-0.05, 0) is 141 Å². The number of nitrogens with one attached hydrogen (secondary N) is 1. The Balaban J connectivity index is 1.12. The molecule has 4 aromatic rings. The maximum absolute atomic E-state index is 13.7. The van der Waals surface area contributed by atoms with E-state index in [2.05, 4.69) is 56.7 Å². The van der Waals surface area contributed by atoms with Crippen LogP contribution in [-0.2, 0) is 46.7 Å². The molecule has 6 rings (SSSR count). The largest absolute Gasteiger partial charge is 0.491 e. The third-order valence-corrected chi connectivity index (χ3v) is 13.2. The number of ether oxygens (including phenoxy) is 6. The standard InChI is InChI=1S/C53H64N3O12P/c1-12-35-26-36(32-64-69(63-22-13-20-54)56(33(2)3)34(4)5)28-40(27-35)62-25-24-61-23-21-55-47(57)37-14-17-41-44(29-37)53(68-48(41)58)42-18-15-38(65-49(59)51(6,7)8)30-45(42)67-46-31-39(16-19-43(46)53)66-50(60)52(9,10)11/h14-19,26-31,33-34H,12-13,21-25,32H2,1-11H3,(H,55,57). The fourth-order valence-electron chi connectivity index (χ4n) is 7.67. The van der Waals surface area contributed by atoms with E-state index in [9.17, 15) is 19.2 Å². The van der Waals surface area contributed by atoms with Crippen molar-refractivity contribution in [2.45, 2.75) is 113 Å². The quantitative estimate of drug-likeness (QED) is 0.0382. The van der Waals surface area contributed by atoms with E-state index in [0.717, 1.165) is 17.5 Å². The SMILES string of the molecule is CCc1cc(COP(OCCC#N)N(C(C)C)C(C)C)cc(OCCOCCNC(=O)c2ccc3c(c2)C2(OC3=O)c3ccc(OC(=O)C(C)(C)C)cc3Oc3cc(OC(=O)C(C)(C)C)ccc32)c1. The lowest BCUT2D eigenvalue weighted by Crippen LogP contribution is -2.34. The molecule has 1 unspecified atom stereocenters. The fraction of sp³-hybridized carbons (Fsp3) is 0.453. The molecule has 0 saturated heterocycles. The lowest BCUT2D eigenvalue weighted by atomic mass is 9.77. The Bertz CT molecular complexity index is 2490. The lowest BCUT2D eigenvalue weighted by molar-refractivity contribution is -0.143. The van der Waals surface area contributed by atoms with Crippen molar-refractivity contribution in [1.29, 1.82) is 5.26 Å². The van der Waals surface area contributed by atoms with Gasteiger partial charge in [0.15, 0.2) is 5.60 Å². The molecular formula is C53H64N3O12P. The first-order valence-corrected chi connectivity index (χ1v) is 24.4. The van der Waals surface area contributed by atoms with Crippen molar-refractivity contribution >= 4 is 32.3 Å². The number of nitriles is 1. The van der Waals surface area contributed by atoms with Gasteiger partial charge in [0, 0.05) is 53.0 Å².